The van der Waals surface area contributed by atoms with Crippen molar-refractivity contribution in [2.75, 3.05) is 24.7 Å². The number of benzene rings is 2. The maximum atomic E-state index is 13.5. The number of hydrogen-bond donors (Lipinski definition) is 3. The van der Waals surface area contributed by atoms with E-state index in [0.29, 0.717) is 16.3 Å². The number of halogens is 2. The number of hydrogen-bond acceptors (Lipinski definition) is 4. The second-order valence-corrected chi connectivity index (χ2v) is 9.88. The monoisotopic (exact) mass is 494 g/mol. The Morgan fingerprint density at radius 3 is 2.58 bits per heavy atom. The molecule has 0 bridgehead atoms. The number of aromatic nitrogens is 1. The van der Waals surface area contributed by atoms with Gasteiger partial charge in [-0.1, -0.05) is 29.8 Å². The van der Waals surface area contributed by atoms with Gasteiger partial charge < -0.3 is 15.2 Å². The molecule has 0 radical (unpaired) electrons. The summed E-state index contributed by atoms with van der Waals surface area (Å²) in [5.74, 6) is -0.786. The molecule has 33 heavy (non-hydrogen) atoms. The first-order valence-electron chi connectivity index (χ1n) is 10.2. The van der Waals surface area contributed by atoms with Gasteiger partial charge in [-0.25, -0.2) is 22.3 Å². The molecule has 0 fully saturated rings. The molecule has 0 aliphatic rings. The fourth-order valence-electron chi connectivity index (χ4n) is 3.51. The predicted octanol–water partition coefficient (Wildman–Crippen LogP) is 3.86. The minimum atomic E-state index is -3.46. The van der Waals surface area contributed by atoms with Gasteiger partial charge in [0.1, 0.15) is 5.82 Å². The molecule has 1 heterocycles. The smallest absolute Gasteiger partial charge is 0.322 e. The number of aromatic amines is 1. The molecule has 0 spiro atoms. The third kappa shape index (κ3) is 5.89. The molecule has 11 heteroatoms. The molecule has 3 rings (SSSR count). The summed E-state index contributed by atoms with van der Waals surface area (Å²) in [6.07, 6.45) is 1.72. The van der Waals surface area contributed by atoms with Crippen molar-refractivity contribution in [2.24, 2.45) is 0 Å². The number of pyridine rings is 1. The number of nitrogens with zero attached hydrogens (tertiary/aromatic N) is 1. The van der Waals surface area contributed by atoms with Gasteiger partial charge in [-0.05, 0) is 55.6 Å². The Hall–Kier alpha value is -2.95. The van der Waals surface area contributed by atoms with Crippen molar-refractivity contribution >= 4 is 44.1 Å². The van der Waals surface area contributed by atoms with Crippen LogP contribution in [0.3, 0.4) is 0 Å². The number of carbonyl (C=O) groups excluding carboxylic acids is 1. The van der Waals surface area contributed by atoms with E-state index >= 15 is 0 Å². The molecular formula is C22H24ClFN4O4S. The Bertz CT molecular complexity index is 1330. The zero-order chi connectivity index (χ0) is 24.2. The summed E-state index contributed by atoms with van der Waals surface area (Å²) < 4.78 is 39.4. The van der Waals surface area contributed by atoms with Crippen LogP contribution in [0.5, 0.6) is 0 Å². The van der Waals surface area contributed by atoms with E-state index in [9.17, 15) is 22.4 Å². The number of urea groups is 1. The summed E-state index contributed by atoms with van der Waals surface area (Å²) in [4.78, 5) is 29.6. The quantitative estimate of drug-likeness (QED) is 0.441. The Balaban J connectivity index is 1.93. The van der Waals surface area contributed by atoms with Gasteiger partial charge in [0.25, 0.3) is 5.56 Å². The third-order valence-electron chi connectivity index (χ3n) is 5.31. The highest BCUT2D eigenvalue weighted by Gasteiger charge is 2.24. The van der Waals surface area contributed by atoms with E-state index in [4.69, 9.17) is 11.6 Å². The summed E-state index contributed by atoms with van der Waals surface area (Å²) >= 11 is 5.82. The Labute approximate surface area is 195 Å². The van der Waals surface area contributed by atoms with E-state index in [0.717, 1.165) is 6.07 Å². The number of carbonyl (C=O) groups is 1. The Morgan fingerprint density at radius 1 is 1.21 bits per heavy atom. The molecule has 8 nitrogen and oxygen atoms in total. The minimum Gasteiger partial charge on any atom is -0.328 e. The van der Waals surface area contributed by atoms with E-state index < -0.39 is 27.9 Å². The van der Waals surface area contributed by atoms with Gasteiger partial charge in [0.2, 0.25) is 10.0 Å². The number of anilines is 1. The second kappa shape index (κ2) is 10.3. The minimum absolute atomic E-state index is 0.107. The largest absolute Gasteiger partial charge is 0.328 e. The van der Waals surface area contributed by atoms with Crippen molar-refractivity contribution in [3.63, 3.8) is 0 Å². The molecule has 0 aliphatic heterocycles. The maximum Gasteiger partial charge on any atom is 0.322 e. The van der Waals surface area contributed by atoms with Crippen molar-refractivity contribution in [1.29, 1.82) is 0 Å². The first kappa shape index (κ1) is 24.7. The SMILES string of the molecule is CNS(=O)(=O)CCCN(C(=O)Nc1ccc(F)c(Cl)c1)C(C)c1c[nH]c(=O)c2ccccc12. The van der Waals surface area contributed by atoms with Crippen molar-refractivity contribution in [2.45, 2.75) is 19.4 Å². The molecule has 0 saturated heterocycles. The van der Waals surface area contributed by atoms with E-state index in [-0.39, 0.29) is 35.0 Å². The summed E-state index contributed by atoms with van der Waals surface area (Å²) in [6.45, 7) is 1.89. The lowest BCUT2D eigenvalue weighted by atomic mass is 10.0. The van der Waals surface area contributed by atoms with Gasteiger partial charge in [0, 0.05) is 23.8 Å². The average Bonchev–Trinajstić information content (AvgIpc) is 2.79. The molecule has 2 aromatic carbocycles. The van der Waals surface area contributed by atoms with Gasteiger partial charge in [0.05, 0.1) is 16.8 Å². The van der Waals surface area contributed by atoms with Crippen molar-refractivity contribution < 1.29 is 17.6 Å². The number of amides is 2. The van der Waals surface area contributed by atoms with Crippen LogP contribution >= 0.6 is 11.6 Å². The number of H-pyrrole nitrogens is 1. The number of fused-ring (bicyclic) bond motifs is 1. The highest BCUT2D eigenvalue weighted by Crippen LogP contribution is 2.27. The maximum absolute atomic E-state index is 13.5. The van der Waals surface area contributed by atoms with E-state index in [1.807, 2.05) is 0 Å². The molecule has 0 saturated carbocycles. The zero-order valence-electron chi connectivity index (χ0n) is 18.1. The van der Waals surface area contributed by atoms with Crippen LogP contribution in [0.2, 0.25) is 5.02 Å². The Kier molecular flexibility index (Phi) is 7.72. The van der Waals surface area contributed by atoms with Crippen LogP contribution in [-0.4, -0.2) is 43.7 Å². The second-order valence-electron chi connectivity index (χ2n) is 7.42. The lowest BCUT2D eigenvalue weighted by Gasteiger charge is -2.30. The molecule has 3 aromatic rings. The predicted molar refractivity (Wildman–Crippen MR) is 128 cm³/mol. The fraction of sp³-hybridized carbons (Fsp3) is 0.273. The molecular weight excluding hydrogens is 471 g/mol. The number of sulfonamides is 1. The normalized spacial score (nSPS) is 12.5. The number of nitrogens with one attached hydrogen (secondary N) is 3. The van der Waals surface area contributed by atoms with Gasteiger partial charge >= 0.3 is 6.03 Å². The first-order chi connectivity index (χ1) is 15.6. The van der Waals surface area contributed by atoms with Crippen molar-refractivity contribution in [3.05, 3.63) is 75.4 Å². The zero-order valence-corrected chi connectivity index (χ0v) is 19.6. The van der Waals surface area contributed by atoms with Gasteiger partial charge in [0.15, 0.2) is 0 Å². The van der Waals surface area contributed by atoms with E-state index in [2.05, 4.69) is 15.0 Å². The van der Waals surface area contributed by atoms with Gasteiger partial charge in [-0.2, -0.15) is 0 Å². The van der Waals surface area contributed by atoms with Gasteiger partial charge in [-0.15, -0.1) is 0 Å². The van der Waals surface area contributed by atoms with Crippen LogP contribution in [0.25, 0.3) is 10.8 Å². The summed E-state index contributed by atoms with van der Waals surface area (Å²) in [5.41, 5.74) is 0.727. The van der Waals surface area contributed by atoms with Gasteiger partial charge in [-0.3, -0.25) is 4.79 Å². The lowest BCUT2D eigenvalue weighted by molar-refractivity contribution is 0.193. The van der Waals surface area contributed by atoms with Crippen LogP contribution in [0.15, 0.2) is 53.5 Å². The molecule has 176 valence electrons. The summed E-state index contributed by atoms with van der Waals surface area (Å²) in [6, 6.07) is 9.77. The summed E-state index contributed by atoms with van der Waals surface area (Å²) in [5, 5.41) is 3.70. The van der Waals surface area contributed by atoms with Crippen LogP contribution in [0.1, 0.15) is 24.9 Å². The van der Waals surface area contributed by atoms with Crippen molar-refractivity contribution in [1.82, 2.24) is 14.6 Å². The molecule has 1 unspecified atom stereocenters. The lowest BCUT2D eigenvalue weighted by Crippen LogP contribution is -2.39. The third-order valence-corrected chi connectivity index (χ3v) is 7.05. The van der Waals surface area contributed by atoms with Crippen LogP contribution in [0.4, 0.5) is 14.9 Å². The first-order valence-corrected chi connectivity index (χ1v) is 12.2. The van der Waals surface area contributed by atoms with Crippen LogP contribution in [0, 0.1) is 5.82 Å². The average molecular weight is 495 g/mol. The molecule has 0 aliphatic carbocycles. The fourth-order valence-corrected chi connectivity index (χ4v) is 4.41. The number of rotatable bonds is 8. The van der Waals surface area contributed by atoms with E-state index in [1.165, 1.54) is 24.1 Å². The van der Waals surface area contributed by atoms with Crippen LogP contribution < -0.4 is 15.6 Å². The Morgan fingerprint density at radius 2 is 1.91 bits per heavy atom. The van der Waals surface area contributed by atoms with E-state index in [1.54, 1.807) is 37.4 Å². The molecule has 2 amide bonds. The molecule has 1 aromatic heterocycles. The molecule has 3 N–H and O–H groups in total. The standard InChI is InChI=1S/C22H24ClFN4O4S/c1-14(18-13-26-21(29)17-7-4-3-6-16(17)18)28(10-5-11-33(31,32)25-2)22(30)27-15-8-9-20(24)19(23)12-15/h3-4,6-9,12-14,25H,5,10-11H2,1-2H3,(H,26,29)(H,27,30). The highest BCUT2D eigenvalue weighted by atomic mass is 35.5. The molecule has 1 atom stereocenters. The van der Waals surface area contributed by atoms with Crippen molar-refractivity contribution in [3.8, 4) is 0 Å². The highest BCUT2D eigenvalue weighted by molar-refractivity contribution is 7.89. The van der Waals surface area contributed by atoms with Crippen LogP contribution in [-0.2, 0) is 10.0 Å². The summed E-state index contributed by atoms with van der Waals surface area (Å²) in [7, 11) is -2.13. The topological polar surface area (TPSA) is 111 Å².